The molecule has 4 aromatic carbocycles. The number of amides is 2. The van der Waals surface area contributed by atoms with Crippen LogP contribution in [0.15, 0.2) is 115 Å². The van der Waals surface area contributed by atoms with Crippen LogP contribution in [-0.4, -0.2) is 24.9 Å². The Morgan fingerprint density at radius 1 is 0.737 bits per heavy atom. The number of hydrogen-bond acceptors (Lipinski definition) is 3. The van der Waals surface area contributed by atoms with Crippen molar-refractivity contribution < 1.29 is 9.59 Å². The molecule has 1 aliphatic heterocycles. The van der Waals surface area contributed by atoms with Gasteiger partial charge in [0.15, 0.2) is 0 Å². The van der Waals surface area contributed by atoms with E-state index in [0.29, 0.717) is 12.1 Å². The summed E-state index contributed by atoms with van der Waals surface area (Å²) in [4.78, 5) is 28.2. The Morgan fingerprint density at radius 2 is 1.32 bits per heavy atom. The number of piperidine rings is 1. The molecule has 1 aliphatic rings. The third kappa shape index (κ3) is 6.30. The molecular weight excluding hydrogens is 470 g/mol. The Kier molecular flexibility index (Phi) is 8.14. The average Bonchev–Trinajstić information content (AvgIpc) is 2.98. The van der Waals surface area contributed by atoms with Crippen LogP contribution in [0.4, 0.5) is 11.4 Å². The molecule has 4 aromatic rings. The van der Waals surface area contributed by atoms with Crippen LogP contribution in [0.3, 0.4) is 0 Å². The summed E-state index contributed by atoms with van der Waals surface area (Å²) >= 11 is 0. The van der Waals surface area contributed by atoms with Gasteiger partial charge < -0.3 is 15.5 Å². The summed E-state index contributed by atoms with van der Waals surface area (Å²) in [5.74, 6) is 0.0835. The number of nitrogens with zero attached hydrogens (tertiary/aromatic N) is 1. The first-order valence-corrected chi connectivity index (χ1v) is 13.3. The lowest BCUT2D eigenvalue weighted by atomic mass is 9.79. The van der Waals surface area contributed by atoms with E-state index in [2.05, 4.69) is 39.8 Å². The SMILES string of the molecule is O=C(Nc1ccc(N2CCC(C(C(=O)NCc3ccccc3)c3ccccc3)CC2)cc1)c1ccccc1. The van der Waals surface area contributed by atoms with E-state index in [4.69, 9.17) is 0 Å². The Bertz CT molecular complexity index is 1320. The first kappa shape index (κ1) is 25.3. The number of nitrogens with one attached hydrogen (secondary N) is 2. The van der Waals surface area contributed by atoms with E-state index in [0.717, 1.165) is 48.4 Å². The highest BCUT2D eigenvalue weighted by Crippen LogP contribution is 2.35. The summed E-state index contributed by atoms with van der Waals surface area (Å²) in [6.45, 7) is 2.31. The maximum absolute atomic E-state index is 13.4. The predicted octanol–water partition coefficient (Wildman–Crippen LogP) is 6.26. The van der Waals surface area contributed by atoms with E-state index in [9.17, 15) is 9.59 Å². The fraction of sp³-hybridized carbons (Fsp3) is 0.212. The van der Waals surface area contributed by atoms with E-state index in [1.165, 1.54) is 0 Å². The quantitative estimate of drug-likeness (QED) is 0.299. The van der Waals surface area contributed by atoms with Gasteiger partial charge in [-0.25, -0.2) is 0 Å². The maximum Gasteiger partial charge on any atom is 0.255 e. The molecule has 0 radical (unpaired) electrons. The smallest absolute Gasteiger partial charge is 0.255 e. The van der Waals surface area contributed by atoms with Crippen molar-refractivity contribution in [1.29, 1.82) is 0 Å². The van der Waals surface area contributed by atoms with Crippen LogP contribution in [0.1, 0.15) is 40.2 Å². The molecule has 5 rings (SSSR count). The molecule has 2 amide bonds. The van der Waals surface area contributed by atoms with Crippen LogP contribution >= 0.6 is 0 Å². The van der Waals surface area contributed by atoms with Crippen LogP contribution in [-0.2, 0) is 11.3 Å². The largest absolute Gasteiger partial charge is 0.372 e. The minimum atomic E-state index is -0.169. The molecule has 38 heavy (non-hydrogen) atoms. The van der Waals surface area contributed by atoms with Gasteiger partial charge in [-0.15, -0.1) is 0 Å². The molecule has 0 saturated carbocycles. The van der Waals surface area contributed by atoms with Gasteiger partial charge in [-0.1, -0.05) is 78.9 Å². The van der Waals surface area contributed by atoms with Gasteiger partial charge in [0.05, 0.1) is 5.92 Å². The van der Waals surface area contributed by atoms with Gasteiger partial charge in [-0.2, -0.15) is 0 Å². The molecule has 1 atom stereocenters. The minimum absolute atomic E-state index is 0.0945. The van der Waals surface area contributed by atoms with Crippen molar-refractivity contribution in [2.75, 3.05) is 23.3 Å². The lowest BCUT2D eigenvalue weighted by Crippen LogP contribution is -2.40. The van der Waals surface area contributed by atoms with Crippen molar-refractivity contribution in [3.63, 3.8) is 0 Å². The average molecular weight is 504 g/mol. The number of benzene rings is 4. The molecule has 0 aromatic heterocycles. The number of hydrogen-bond donors (Lipinski definition) is 2. The summed E-state index contributed by atoms with van der Waals surface area (Å²) < 4.78 is 0. The first-order valence-electron chi connectivity index (χ1n) is 13.3. The van der Waals surface area contributed by atoms with Crippen molar-refractivity contribution in [2.24, 2.45) is 5.92 Å². The predicted molar refractivity (Wildman–Crippen MR) is 153 cm³/mol. The third-order valence-corrected chi connectivity index (χ3v) is 7.29. The monoisotopic (exact) mass is 503 g/mol. The zero-order chi connectivity index (χ0) is 26.2. The standard InChI is InChI=1S/C33H33N3O2/c37-32(28-14-8-3-9-15-28)35-29-16-18-30(19-17-29)36-22-20-27(21-23-36)31(26-12-6-2-7-13-26)33(38)34-24-25-10-4-1-5-11-25/h1-19,27,31H,20-24H2,(H,34,38)(H,35,37). The minimum Gasteiger partial charge on any atom is -0.372 e. The normalized spacial score (nSPS) is 14.5. The van der Waals surface area contributed by atoms with Gasteiger partial charge in [0.2, 0.25) is 5.91 Å². The van der Waals surface area contributed by atoms with Crippen molar-refractivity contribution >= 4 is 23.2 Å². The molecule has 5 nitrogen and oxygen atoms in total. The Hall–Kier alpha value is -4.38. The van der Waals surface area contributed by atoms with Gasteiger partial charge in [-0.05, 0) is 66.3 Å². The van der Waals surface area contributed by atoms with Gasteiger partial charge in [0.25, 0.3) is 5.91 Å². The molecule has 1 unspecified atom stereocenters. The van der Waals surface area contributed by atoms with E-state index in [1.807, 2.05) is 78.9 Å². The summed E-state index contributed by atoms with van der Waals surface area (Å²) in [6.07, 6.45) is 1.87. The second-order valence-corrected chi connectivity index (χ2v) is 9.78. The van der Waals surface area contributed by atoms with Gasteiger partial charge in [0, 0.05) is 36.6 Å². The first-order chi connectivity index (χ1) is 18.7. The van der Waals surface area contributed by atoms with E-state index in [-0.39, 0.29) is 23.7 Å². The van der Waals surface area contributed by atoms with E-state index >= 15 is 0 Å². The lowest BCUT2D eigenvalue weighted by molar-refractivity contribution is -0.124. The van der Waals surface area contributed by atoms with Gasteiger partial charge in [0.1, 0.15) is 0 Å². The summed E-state index contributed by atoms with van der Waals surface area (Å²) in [7, 11) is 0. The Labute approximate surface area is 224 Å². The molecule has 2 N–H and O–H groups in total. The van der Waals surface area contributed by atoms with Crippen LogP contribution in [0, 0.1) is 5.92 Å². The zero-order valence-electron chi connectivity index (χ0n) is 21.4. The molecule has 1 saturated heterocycles. The highest BCUT2D eigenvalue weighted by molar-refractivity contribution is 6.04. The number of anilines is 2. The zero-order valence-corrected chi connectivity index (χ0v) is 21.4. The van der Waals surface area contributed by atoms with E-state index < -0.39 is 0 Å². The van der Waals surface area contributed by atoms with Gasteiger partial charge >= 0.3 is 0 Å². The van der Waals surface area contributed by atoms with Crippen LogP contribution in [0.25, 0.3) is 0 Å². The van der Waals surface area contributed by atoms with Gasteiger partial charge in [-0.3, -0.25) is 9.59 Å². The van der Waals surface area contributed by atoms with Crippen molar-refractivity contribution in [3.8, 4) is 0 Å². The number of carbonyl (C=O) groups is 2. The lowest BCUT2D eigenvalue weighted by Gasteiger charge is -2.37. The van der Waals surface area contributed by atoms with E-state index in [1.54, 1.807) is 12.1 Å². The summed E-state index contributed by atoms with van der Waals surface area (Å²) in [6, 6.07) is 37.5. The number of carbonyl (C=O) groups excluding carboxylic acids is 2. The van der Waals surface area contributed by atoms with Crippen molar-refractivity contribution in [3.05, 3.63) is 132 Å². The Morgan fingerprint density at radius 3 is 1.95 bits per heavy atom. The van der Waals surface area contributed by atoms with Crippen LogP contribution in [0.5, 0.6) is 0 Å². The summed E-state index contributed by atoms with van der Waals surface area (Å²) in [5.41, 5.74) is 4.73. The molecule has 0 bridgehead atoms. The molecule has 1 fully saturated rings. The molecule has 0 aliphatic carbocycles. The second-order valence-electron chi connectivity index (χ2n) is 9.78. The fourth-order valence-corrected chi connectivity index (χ4v) is 5.23. The molecule has 5 heteroatoms. The topological polar surface area (TPSA) is 61.4 Å². The van der Waals surface area contributed by atoms with Crippen LogP contribution < -0.4 is 15.5 Å². The summed E-state index contributed by atoms with van der Waals surface area (Å²) in [5, 5.41) is 6.15. The van der Waals surface area contributed by atoms with Crippen molar-refractivity contribution in [2.45, 2.75) is 25.3 Å². The second kappa shape index (κ2) is 12.2. The fourth-order valence-electron chi connectivity index (χ4n) is 5.23. The molecule has 1 heterocycles. The highest BCUT2D eigenvalue weighted by atomic mass is 16.2. The number of rotatable bonds is 8. The van der Waals surface area contributed by atoms with Crippen molar-refractivity contribution in [1.82, 2.24) is 5.32 Å². The third-order valence-electron chi connectivity index (χ3n) is 7.29. The highest BCUT2D eigenvalue weighted by Gasteiger charge is 2.32. The molecule has 192 valence electrons. The van der Waals surface area contributed by atoms with Crippen LogP contribution in [0.2, 0.25) is 0 Å². The Balaban J connectivity index is 1.21. The molecule has 0 spiro atoms. The maximum atomic E-state index is 13.4. The molecular formula is C33H33N3O2.